The third kappa shape index (κ3) is 5.28. The molecule has 0 aliphatic carbocycles. The lowest BCUT2D eigenvalue weighted by molar-refractivity contribution is -0.122. The van der Waals surface area contributed by atoms with Crippen molar-refractivity contribution in [1.82, 2.24) is 10.0 Å². The molecule has 2 N–H and O–H groups in total. The molecule has 0 radical (unpaired) electrons. The van der Waals surface area contributed by atoms with Crippen LogP contribution in [-0.4, -0.2) is 34.6 Å². The minimum absolute atomic E-state index is 0.0922. The number of hydrogen-bond acceptors (Lipinski definition) is 4. The predicted octanol–water partition coefficient (Wildman–Crippen LogP) is 0.638. The lowest BCUT2D eigenvalue weighted by Gasteiger charge is -2.07. The zero-order valence-electron chi connectivity index (χ0n) is 11.7. The second kappa shape index (κ2) is 7.98. The molecule has 1 rings (SSSR count). The van der Waals surface area contributed by atoms with Crippen LogP contribution in [-0.2, 0) is 26.1 Å². The van der Waals surface area contributed by atoms with Gasteiger partial charge >= 0.3 is 0 Å². The molecule has 1 aromatic rings. The van der Waals surface area contributed by atoms with Gasteiger partial charge in [0.05, 0.1) is 11.5 Å². The van der Waals surface area contributed by atoms with Gasteiger partial charge in [-0.3, -0.25) is 4.79 Å². The summed E-state index contributed by atoms with van der Waals surface area (Å²) in [6, 6.07) is 6.36. The summed E-state index contributed by atoms with van der Waals surface area (Å²) in [6.45, 7) is 3.24. The Hall–Kier alpha value is -1.44. The first-order chi connectivity index (χ1) is 9.49. The summed E-state index contributed by atoms with van der Waals surface area (Å²) in [5.74, 6) is -0.0922. The van der Waals surface area contributed by atoms with E-state index in [2.05, 4.69) is 10.0 Å². The van der Waals surface area contributed by atoms with Crippen LogP contribution in [0.4, 0.5) is 0 Å². The molecule has 0 heterocycles. The molecular formula is C13H20N2O4S. The van der Waals surface area contributed by atoms with Crippen molar-refractivity contribution in [2.45, 2.75) is 24.8 Å². The van der Waals surface area contributed by atoms with Crippen LogP contribution in [0.5, 0.6) is 0 Å². The van der Waals surface area contributed by atoms with Crippen LogP contribution in [0.1, 0.15) is 18.9 Å². The van der Waals surface area contributed by atoms with Gasteiger partial charge in [-0.05, 0) is 31.7 Å². The predicted molar refractivity (Wildman–Crippen MR) is 75.6 cm³/mol. The van der Waals surface area contributed by atoms with Gasteiger partial charge in [-0.15, -0.1) is 0 Å². The summed E-state index contributed by atoms with van der Waals surface area (Å²) in [5.41, 5.74) is 0.838. The van der Waals surface area contributed by atoms with E-state index in [9.17, 15) is 13.2 Å². The highest BCUT2D eigenvalue weighted by Gasteiger charge is 2.10. The molecule has 0 fully saturated rings. The fourth-order valence-electron chi connectivity index (χ4n) is 1.50. The average Bonchev–Trinajstić information content (AvgIpc) is 2.46. The maximum Gasteiger partial charge on any atom is 0.240 e. The van der Waals surface area contributed by atoms with Crippen molar-refractivity contribution >= 4 is 15.9 Å². The van der Waals surface area contributed by atoms with E-state index in [1.165, 1.54) is 19.2 Å². The second-order valence-electron chi connectivity index (χ2n) is 4.08. The number of hydrogen-bond donors (Lipinski definition) is 2. The molecule has 0 aromatic heterocycles. The van der Waals surface area contributed by atoms with Crippen molar-refractivity contribution in [2.75, 3.05) is 20.3 Å². The third-order valence-corrected chi connectivity index (χ3v) is 4.10. The van der Waals surface area contributed by atoms with Crippen LogP contribution in [0.2, 0.25) is 0 Å². The van der Waals surface area contributed by atoms with Gasteiger partial charge in [-0.1, -0.05) is 12.1 Å². The fraction of sp³-hybridized carbons (Fsp3) is 0.462. The number of sulfonamides is 1. The summed E-state index contributed by atoms with van der Waals surface area (Å²) in [6.07, 6.45) is 0.320. The van der Waals surface area contributed by atoms with E-state index in [4.69, 9.17) is 4.74 Å². The van der Waals surface area contributed by atoms with Gasteiger partial charge in [0.2, 0.25) is 15.9 Å². The zero-order chi connectivity index (χ0) is 15.0. The first kappa shape index (κ1) is 16.6. The van der Waals surface area contributed by atoms with Gasteiger partial charge in [0, 0.05) is 19.6 Å². The molecule has 0 spiro atoms. The monoisotopic (exact) mass is 300 g/mol. The number of ether oxygens (including phenoxy) is 1. The third-order valence-electron chi connectivity index (χ3n) is 2.67. The SMILES string of the molecule is CCOCCC(=O)NCc1ccc(S(=O)(=O)NC)cc1. The van der Waals surface area contributed by atoms with Crippen molar-refractivity contribution in [1.29, 1.82) is 0 Å². The first-order valence-electron chi connectivity index (χ1n) is 6.36. The molecule has 1 aromatic carbocycles. The van der Waals surface area contributed by atoms with Crippen molar-refractivity contribution in [3.63, 3.8) is 0 Å². The summed E-state index contributed by atoms with van der Waals surface area (Å²) in [4.78, 5) is 11.7. The Balaban J connectivity index is 2.48. The first-order valence-corrected chi connectivity index (χ1v) is 7.85. The van der Waals surface area contributed by atoms with E-state index in [1.807, 2.05) is 6.92 Å². The number of amides is 1. The van der Waals surface area contributed by atoms with Crippen molar-refractivity contribution in [3.05, 3.63) is 29.8 Å². The molecule has 20 heavy (non-hydrogen) atoms. The van der Waals surface area contributed by atoms with Crippen LogP contribution in [0.3, 0.4) is 0 Å². The molecule has 0 saturated heterocycles. The van der Waals surface area contributed by atoms with Crippen LogP contribution in [0, 0.1) is 0 Å². The van der Waals surface area contributed by atoms with Crippen molar-refractivity contribution in [3.8, 4) is 0 Å². The van der Waals surface area contributed by atoms with Crippen LogP contribution in [0.15, 0.2) is 29.2 Å². The lowest BCUT2D eigenvalue weighted by Crippen LogP contribution is -2.24. The Morgan fingerprint density at radius 1 is 1.25 bits per heavy atom. The molecule has 0 unspecified atom stereocenters. The number of rotatable bonds is 8. The van der Waals surface area contributed by atoms with Gasteiger partial charge < -0.3 is 10.1 Å². The Morgan fingerprint density at radius 2 is 1.90 bits per heavy atom. The van der Waals surface area contributed by atoms with E-state index in [0.29, 0.717) is 26.2 Å². The molecule has 0 saturated carbocycles. The molecule has 0 aliphatic rings. The maximum atomic E-state index is 11.5. The van der Waals surface area contributed by atoms with Gasteiger partial charge in [0.1, 0.15) is 0 Å². The highest BCUT2D eigenvalue weighted by atomic mass is 32.2. The van der Waals surface area contributed by atoms with Crippen LogP contribution in [0.25, 0.3) is 0 Å². The smallest absolute Gasteiger partial charge is 0.240 e. The van der Waals surface area contributed by atoms with E-state index < -0.39 is 10.0 Å². The Labute approximate surface area is 119 Å². The molecule has 0 bridgehead atoms. The number of carbonyl (C=O) groups is 1. The summed E-state index contributed by atoms with van der Waals surface area (Å²) < 4.78 is 30.4. The summed E-state index contributed by atoms with van der Waals surface area (Å²) in [7, 11) is -2.05. The standard InChI is InChI=1S/C13H20N2O4S/c1-3-19-9-8-13(16)15-10-11-4-6-12(7-5-11)20(17,18)14-2/h4-7,14H,3,8-10H2,1-2H3,(H,15,16). The minimum Gasteiger partial charge on any atom is -0.381 e. The number of nitrogens with one attached hydrogen (secondary N) is 2. The zero-order valence-corrected chi connectivity index (χ0v) is 12.5. The number of benzene rings is 1. The summed E-state index contributed by atoms with van der Waals surface area (Å²) in [5, 5.41) is 2.75. The maximum absolute atomic E-state index is 11.5. The Kier molecular flexibility index (Phi) is 6.63. The molecule has 6 nitrogen and oxygen atoms in total. The lowest BCUT2D eigenvalue weighted by atomic mass is 10.2. The molecule has 0 atom stereocenters. The van der Waals surface area contributed by atoms with Crippen molar-refractivity contribution < 1.29 is 17.9 Å². The van der Waals surface area contributed by atoms with Gasteiger partial charge in [0.15, 0.2) is 0 Å². The van der Waals surface area contributed by atoms with E-state index in [0.717, 1.165) is 5.56 Å². The fourth-order valence-corrected chi connectivity index (χ4v) is 2.23. The summed E-state index contributed by atoms with van der Waals surface area (Å²) >= 11 is 0. The quantitative estimate of drug-likeness (QED) is 0.690. The Bertz CT molecular complexity index is 526. The second-order valence-corrected chi connectivity index (χ2v) is 5.96. The Morgan fingerprint density at radius 3 is 2.45 bits per heavy atom. The highest BCUT2D eigenvalue weighted by Crippen LogP contribution is 2.09. The van der Waals surface area contributed by atoms with Gasteiger partial charge in [0.25, 0.3) is 0 Å². The molecule has 7 heteroatoms. The molecule has 112 valence electrons. The van der Waals surface area contributed by atoms with Gasteiger partial charge in [-0.25, -0.2) is 13.1 Å². The molecular weight excluding hydrogens is 280 g/mol. The van der Waals surface area contributed by atoms with Gasteiger partial charge in [-0.2, -0.15) is 0 Å². The van der Waals surface area contributed by atoms with E-state index >= 15 is 0 Å². The number of carbonyl (C=O) groups excluding carboxylic acids is 1. The topological polar surface area (TPSA) is 84.5 Å². The minimum atomic E-state index is -3.42. The van der Waals surface area contributed by atoms with Crippen LogP contribution < -0.4 is 10.0 Å². The normalized spacial score (nSPS) is 11.3. The molecule has 0 aliphatic heterocycles. The van der Waals surface area contributed by atoms with Crippen LogP contribution >= 0.6 is 0 Å². The highest BCUT2D eigenvalue weighted by molar-refractivity contribution is 7.89. The van der Waals surface area contributed by atoms with E-state index in [1.54, 1.807) is 12.1 Å². The van der Waals surface area contributed by atoms with Crippen molar-refractivity contribution in [2.24, 2.45) is 0 Å². The average molecular weight is 300 g/mol. The van der Waals surface area contributed by atoms with E-state index in [-0.39, 0.29) is 10.8 Å². The largest absolute Gasteiger partial charge is 0.381 e. The molecule has 1 amide bonds.